The third-order valence-electron chi connectivity index (χ3n) is 3.00. The number of rotatable bonds is 0. The Hall–Kier alpha value is -1.12. The number of fused-ring (bicyclic) bond motifs is 2. The van der Waals surface area contributed by atoms with Gasteiger partial charge in [0.05, 0.1) is 6.10 Å². The number of thiophene rings is 1. The van der Waals surface area contributed by atoms with Crippen LogP contribution in [0, 0.1) is 0 Å². The molecule has 0 spiro atoms. The van der Waals surface area contributed by atoms with Crippen molar-refractivity contribution in [3.8, 4) is 0 Å². The van der Waals surface area contributed by atoms with Gasteiger partial charge in [0.25, 0.3) is 0 Å². The minimum atomic E-state index is -0.316. The maximum atomic E-state index is 10.1. The van der Waals surface area contributed by atoms with Crippen molar-refractivity contribution in [1.82, 2.24) is 0 Å². The molecule has 1 heterocycles. The van der Waals surface area contributed by atoms with Gasteiger partial charge in [-0.15, -0.1) is 11.3 Å². The number of benzene rings is 1. The quantitative estimate of drug-likeness (QED) is 0.718. The summed E-state index contributed by atoms with van der Waals surface area (Å²) < 4.78 is 0. The summed E-state index contributed by atoms with van der Waals surface area (Å²) >= 11 is 1.67. The predicted octanol–water partition coefficient (Wildman–Crippen LogP) is 2.93. The molecule has 1 atom stereocenters. The van der Waals surface area contributed by atoms with E-state index in [1.54, 1.807) is 11.3 Å². The monoisotopic (exact) mass is 216 g/mol. The van der Waals surface area contributed by atoms with Crippen LogP contribution in [0.4, 0.5) is 0 Å². The molecule has 1 unspecified atom stereocenters. The van der Waals surface area contributed by atoms with E-state index in [1.165, 1.54) is 16.7 Å². The zero-order valence-electron chi connectivity index (χ0n) is 8.31. The zero-order chi connectivity index (χ0) is 10.3. The fraction of sp³-hybridized carbons (Fsp3) is 0.231. The standard InChI is InChI=1S/C13H12OS/c14-12-8-10-4-2-1-3-9(10)7-11-5-6-15-13(11)12/h1-6,12,14H,7-8H2. The number of aliphatic hydroxyl groups is 1. The molecule has 0 aliphatic heterocycles. The van der Waals surface area contributed by atoms with Gasteiger partial charge >= 0.3 is 0 Å². The van der Waals surface area contributed by atoms with Crippen molar-refractivity contribution >= 4 is 11.3 Å². The number of aliphatic hydroxyl groups excluding tert-OH is 1. The molecular weight excluding hydrogens is 204 g/mol. The van der Waals surface area contributed by atoms with Crippen LogP contribution in [-0.2, 0) is 12.8 Å². The van der Waals surface area contributed by atoms with Crippen molar-refractivity contribution in [2.45, 2.75) is 18.9 Å². The van der Waals surface area contributed by atoms with Crippen molar-refractivity contribution < 1.29 is 5.11 Å². The summed E-state index contributed by atoms with van der Waals surface area (Å²) in [6, 6.07) is 10.5. The third-order valence-corrected chi connectivity index (χ3v) is 4.06. The van der Waals surface area contributed by atoms with E-state index in [0.29, 0.717) is 0 Å². The lowest BCUT2D eigenvalue weighted by atomic mass is 10.0. The lowest BCUT2D eigenvalue weighted by molar-refractivity contribution is 0.182. The van der Waals surface area contributed by atoms with Gasteiger partial charge < -0.3 is 5.11 Å². The normalized spacial score (nSPS) is 19.1. The van der Waals surface area contributed by atoms with Crippen LogP contribution in [0.15, 0.2) is 35.7 Å². The Labute approximate surface area is 93.0 Å². The minimum Gasteiger partial charge on any atom is -0.387 e. The molecule has 0 amide bonds. The van der Waals surface area contributed by atoms with E-state index in [9.17, 15) is 5.11 Å². The Balaban J connectivity index is 2.14. The van der Waals surface area contributed by atoms with E-state index in [4.69, 9.17) is 0 Å². The second-order valence-corrected chi connectivity index (χ2v) is 4.92. The van der Waals surface area contributed by atoms with Gasteiger partial charge in [0.1, 0.15) is 0 Å². The highest BCUT2D eigenvalue weighted by Gasteiger charge is 2.20. The molecule has 2 aromatic rings. The van der Waals surface area contributed by atoms with Crippen LogP contribution >= 0.6 is 11.3 Å². The first-order chi connectivity index (χ1) is 7.34. The van der Waals surface area contributed by atoms with Crippen molar-refractivity contribution in [3.63, 3.8) is 0 Å². The molecule has 1 nitrogen and oxygen atoms in total. The fourth-order valence-corrected chi connectivity index (χ4v) is 3.13. The van der Waals surface area contributed by atoms with E-state index < -0.39 is 0 Å². The summed E-state index contributed by atoms with van der Waals surface area (Å²) in [5.41, 5.74) is 3.93. The molecule has 1 N–H and O–H groups in total. The molecule has 3 rings (SSSR count). The summed E-state index contributed by atoms with van der Waals surface area (Å²) in [5.74, 6) is 0. The second kappa shape index (κ2) is 3.47. The van der Waals surface area contributed by atoms with Gasteiger partial charge in [-0.3, -0.25) is 0 Å². The topological polar surface area (TPSA) is 20.2 Å². The minimum absolute atomic E-state index is 0.316. The van der Waals surface area contributed by atoms with Crippen molar-refractivity contribution in [2.75, 3.05) is 0 Å². The fourth-order valence-electron chi connectivity index (χ4n) is 2.22. The van der Waals surface area contributed by atoms with E-state index in [-0.39, 0.29) is 6.10 Å². The van der Waals surface area contributed by atoms with Crippen LogP contribution in [-0.4, -0.2) is 5.11 Å². The van der Waals surface area contributed by atoms with Crippen LogP contribution in [0.3, 0.4) is 0 Å². The van der Waals surface area contributed by atoms with Gasteiger partial charge in [-0.05, 0) is 34.6 Å². The van der Waals surface area contributed by atoms with Crippen LogP contribution in [0.1, 0.15) is 27.7 Å². The average Bonchev–Trinajstić information content (AvgIpc) is 2.64. The molecule has 0 radical (unpaired) electrons. The molecule has 2 heteroatoms. The second-order valence-electron chi connectivity index (χ2n) is 3.98. The third kappa shape index (κ3) is 1.50. The molecule has 1 aromatic heterocycles. The Bertz CT molecular complexity index is 487. The number of hydrogen-bond donors (Lipinski definition) is 1. The Morgan fingerprint density at radius 3 is 2.73 bits per heavy atom. The zero-order valence-corrected chi connectivity index (χ0v) is 9.13. The average molecular weight is 216 g/mol. The van der Waals surface area contributed by atoms with Gasteiger partial charge in [-0.1, -0.05) is 24.3 Å². The lowest BCUT2D eigenvalue weighted by Gasteiger charge is -2.07. The van der Waals surface area contributed by atoms with Gasteiger partial charge in [0, 0.05) is 11.3 Å². The maximum absolute atomic E-state index is 10.1. The summed E-state index contributed by atoms with van der Waals surface area (Å²) in [4.78, 5) is 1.14. The molecule has 0 bridgehead atoms. The molecule has 0 saturated heterocycles. The molecular formula is C13H12OS. The largest absolute Gasteiger partial charge is 0.387 e. The Kier molecular flexibility index (Phi) is 2.11. The van der Waals surface area contributed by atoms with Crippen LogP contribution in [0.2, 0.25) is 0 Å². The van der Waals surface area contributed by atoms with Crippen LogP contribution < -0.4 is 0 Å². The van der Waals surface area contributed by atoms with E-state index in [0.717, 1.165) is 17.7 Å². The van der Waals surface area contributed by atoms with Gasteiger partial charge in [-0.25, -0.2) is 0 Å². The Morgan fingerprint density at radius 2 is 1.87 bits per heavy atom. The summed E-state index contributed by atoms with van der Waals surface area (Å²) in [6.45, 7) is 0. The summed E-state index contributed by atoms with van der Waals surface area (Å²) in [5, 5.41) is 12.2. The molecule has 0 fully saturated rings. The van der Waals surface area contributed by atoms with Crippen molar-refractivity contribution in [1.29, 1.82) is 0 Å². The highest BCUT2D eigenvalue weighted by molar-refractivity contribution is 7.10. The van der Waals surface area contributed by atoms with Crippen LogP contribution in [0.5, 0.6) is 0 Å². The SMILES string of the molecule is OC1Cc2ccccc2Cc2ccsc21. The van der Waals surface area contributed by atoms with Crippen molar-refractivity contribution in [2.24, 2.45) is 0 Å². The first-order valence-corrected chi connectivity index (χ1v) is 6.03. The molecule has 1 aliphatic carbocycles. The molecule has 76 valence electrons. The van der Waals surface area contributed by atoms with E-state index >= 15 is 0 Å². The highest BCUT2D eigenvalue weighted by atomic mass is 32.1. The summed E-state index contributed by atoms with van der Waals surface area (Å²) in [6.07, 6.45) is 1.40. The lowest BCUT2D eigenvalue weighted by Crippen LogP contribution is -1.98. The van der Waals surface area contributed by atoms with E-state index in [1.807, 2.05) is 6.07 Å². The predicted molar refractivity (Wildman–Crippen MR) is 62.2 cm³/mol. The highest BCUT2D eigenvalue weighted by Crippen LogP contribution is 2.33. The van der Waals surface area contributed by atoms with E-state index in [2.05, 4.69) is 29.6 Å². The van der Waals surface area contributed by atoms with Gasteiger partial charge in [0.15, 0.2) is 0 Å². The molecule has 0 saturated carbocycles. The van der Waals surface area contributed by atoms with Gasteiger partial charge in [-0.2, -0.15) is 0 Å². The molecule has 1 aromatic carbocycles. The van der Waals surface area contributed by atoms with Crippen molar-refractivity contribution in [3.05, 3.63) is 57.3 Å². The van der Waals surface area contributed by atoms with Crippen LogP contribution in [0.25, 0.3) is 0 Å². The number of hydrogen-bond acceptors (Lipinski definition) is 2. The Morgan fingerprint density at radius 1 is 1.07 bits per heavy atom. The summed E-state index contributed by atoms with van der Waals surface area (Å²) in [7, 11) is 0. The maximum Gasteiger partial charge on any atom is 0.0925 e. The first-order valence-electron chi connectivity index (χ1n) is 5.15. The smallest absolute Gasteiger partial charge is 0.0925 e. The molecule has 15 heavy (non-hydrogen) atoms. The van der Waals surface area contributed by atoms with Gasteiger partial charge in [0.2, 0.25) is 0 Å². The first kappa shape index (κ1) is 9.13. The molecule has 1 aliphatic rings.